The van der Waals surface area contributed by atoms with Gasteiger partial charge in [0.15, 0.2) is 0 Å². The predicted octanol–water partition coefficient (Wildman–Crippen LogP) is 4.99. The monoisotopic (exact) mass is 584 g/mol. The van der Waals surface area contributed by atoms with Crippen LogP contribution < -0.4 is 0 Å². The van der Waals surface area contributed by atoms with Crippen molar-refractivity contribution in [2.75, 3.05) is 26.2 Å². The van der Waals surface area contributed by atoms with Crippen molar-refractivity contribution in [2.24, 2.45) is 5.41 Å². The van der Waals surface area contributed by atoms with E-state index in [2.05, 4.69) is 44.2 Å². The van der Waals surface area contributed by atoms with Crippen molar-refractivity contribution < 1.29 is 46.1 Å². The lowest BCUT2D eigenvalue weighted by Crippen LogP contribution is -2.46. The Balaban J connectivity index is 0.000000317. The first-order valence-electron chi connectivity index (χ1n) is 12.0. The Morgan fingerprint density at radius 1 is 0.872 bits per heavy atom. The molecule has 0 radical (unpaired) electrons. The number of halogens is 6. The Morgan fingerprint density at radius 3 is 1.64 bits per heavy atom. The number of piperidine rings is 2. The van der Waals surface area contributed by atoms with Gasteiger partial charge in [-0.2, -0.15) is 26.3 Å². The number of aryl methyl sites for hydroxylation is 1. The van der Waals surface area contributed by atoms with Crippen molar-refractivity contribution in [3.63, 3.8) is 0 Å². The van der Waals surface area contributed by atoms with E-state index < -0.39 is 24.3 Å². The number of aromatic nitrogens is 2. The molecule has 39 heavy (non-hydrogen) atoms. The first-order chi connectivity index (χ1) is 18.1. The highest BCUT2D eigenvalue weighted by Crippen LogP contribution is 2.41. The smallest absolute Gasteiger partial charge is 0.475 e. The number of nitrogens with zero attached hydrogens (tertiary/aromatic N) is 4. The van der Waals surface area contributed by atoms with E-state index in [0.29, 0.717) is 5.41 Å². The number of likely N-dealkylation sites (tertiary alicyclic amines) is 2. The fourth-order valence-corrected chi connectivity index (χ4v) is 4.91. The zero-order valence-electron chi connectivity index (χ0n) is 21.1. The van der Waals surface area contributed by atoms with E-state index in [4.69, 9.17) is 19.8 Å². The van der Waals surface area contributed by atoms with Gasteiger partial charge in [-0.15, -0.1) is 11.3 Å². The van der Waals surface area contributed by atoms with E-state index in [1.54, 1.807) is 11.3 Å². The van der Waals surface area contributed by atoms with Gasteiger partial charge in [-0.3, -0.25) is 14.8 Å². The highest BCUT2D eigenvalue weighted by Gasteiger charge is 2.39. The number of pyridine rings is 1. The lowest BCUT2D eigenvalue weighted by molar-refractivity contribution is -0.193. The molecule has 2 aromatic rings. The summed E-state index contributed by atoms with van der Waals surface area (Å²) in [7, 11) is 0. The minimum Gasteiger partial charge on any atom is -0.475 e. The van der Waals surface area contributed by atoms with Crippen molar-refractivity contribution in [1.29, 1.82) is 0 Å². The van der Waals surface area contributed by atoms with Crippen LogP contribution in [0.25, 0.3) is 0 Å². The van der Waals surface area contributed by atoms with Crippen LogP contribution in [0.3, 0.4) is 0 Å². The van der Waals surface area contributed by atoms with Crippen molar-refractivity contribution in [2.45, 2.75) is 58.0 Å². The molecule has 8 nitrogen and oxygen atoms in total. The van der Waals surface area contributed by atoms with E-state index in [9.17, 15) is 26.3 Å². The Labute approximate surface area is 225 Å². The molecule has 4 heterocycles. The minimum atomic E-state index is -5.08. The van der Waals surface area contributed by atoms with Gasteiger partial charge in [0.05, 0.1) is 16.4 Å². The summed E-state index contributed by atoms with van der Waals surface area (Å²) in [6.45, 7) is 9.05. The maximum Gasteiger partial charge on any atom is 0.490 e. The van der Waals surface area contributed by atoms with Crippen LogP contribution >= 0.6 is 11.3 Å². The van der Waals surface area contributed by atoms with Gasteiger partial charge in [-0.1, -0.05) is 6.07 Å². The summed E-state index contributed by atoms with van der Waals surface area (Å²) in [4.78, 5) is 32.1. The summed E-state index contributed by atoms with van der Waals surface area (Å²) in [5.41, 5.74) is 3.05. The Hall–Kier alpha value is -2.78. The topological polar surface area (TPSA) is 107 Å². The van der Waals surface area contributed by atoms with Gasteiger partial charge in [-0.25, -0.2) is 14.6 Å². The molecule has 0 bridgehead atoms. The summed E-state index contributed by atoms with van der Waals surface area (Å²) in [5, 5.41) is 17.7. The number of aliphatic carboxylic acids is 2. The summed E-state index contributed by atoms with van der Waals surface area (Å²) in [6.07, 6.45) is -2.85. The second kappa shape index (κ2) is 14.0. The van der Waals surface area contributed by atoms with Crippen molar-refractivity contribution in [3.8, 4) is 0 Å². The van der Waals surface area contributed by atoms with Crippen molar-refractivity contribution >= 4 is 23.3 Å². The maximum absolute atomic E-state index is 10.6. The summed E-state index contributed by atoms with van der Waals surface area (Å²) < 4.78 is 63.5. The van der Waals surface area contributed by atoms with Gasteiger partial charge in [-0.05, 0) is 76.3 Å². The van der Waals surface area contributed by atoms with Crippen LogP contribution in [0.5, 0.6) is 0 Å². The first kappa shape index (κ1) is 32.4. The second-order valence-corrected chi connectivity index (χ2v) is 10.4. The number of carboxylic acids is 2. The molecule has 2 N–H and O–H groups in total. The molecule has 15 heteroatoms. The van der Waals surface area contributed by atoms with E-state index in [1.165, 1.54) is 68.3 Å². The van der Waals surface area contributed by atoms with Gasteiger partial charge in [0.1, 0.15) is 0 Å². The van der Waals surface area contributed by atoms with Gasteiger partial charge in [0.2, 0.25) is 0 Å². The predicted molar refractivity (Wildman–Crippen MR) is 130 cm³/mol. The summed E-state index contributed by atoms with van der Waals surface area (Å²) >= 11 is 1.77. The largest absolute Gasteiger partial charge is 0.490 e. The summed E-state index contributed by atoms with van der Waals surface area (Å²) in [5.74, 6) is -5.51. The van der Waals surface area contributed by atoms with Gasteiger partial charge < -0.3 is 10.2 Å². The average Bonchev–Trinajstić information content (AvgIpc) is 3.27. The molecule has 2 aromatic heterocycles. The number of carboxylic acid groups (broad SMARTS) is 2. The molecule has 2 fully saturated rings. The molecule has 2 aliphatic heterocycles. The number of hydrogen-bond acceptors (Lipinski definition) is 7. The second-order valence-electron chi connectivity index (χ2n) is 9.34. The fourth-order valence-electron chi connectivity index (χ4n) is 4.30. The molecular weight excluding hydrogens is 554 g/mol. The summed E-state index contributed by atoms with van der Waals surface area (Å²) in [6, 6.07) is 6.23. The average molecular weight is 585 g/mol. The SMILES string of the molecule is Cc1nc(CN2CCC3(CCN(Cc4ccccn4)CC3)CC2)cs1.O=C(O)C(F)(F)F.O=C(O)C(F)(F)F. The van der Waals surface area contributed by atoms with Crippen LogP contribution in [0.2, 0.25) is 0 Å². The van der Waals surface area contributed by atoms with E-state index in [1.807, 2.05) is 12.3 Å². The van der Waals surface area contributed by atoms with Crippen LogP contribution in [-0.2, 0) is 22.7 Å². The number of thiazole rings is 1. The maximum atomic E-state index is 10.6. The van der Waals surface area contributed by atoms with Crippen molar-refractivity contribution in [3.05, 3.63) is 46.2 Å². The normalized spacial score (nSPS) is 17.9. The molecule has 218 valence electrons. The molecule has 0 amide bonds. The highest BCUT2D eigenvalue weighted by molar-refractivity contribution is 7.09. The highest BCUT2D eigenvalue weighted by atomic mass is 32.1. The quantitative estimate of drug-likeness (QED) is 0.485. The standard InChI is InChI=1S/C20H28N4S.2C2HF3O2/c1-17-22-19(16-25-17)15-24-12-7-20(8-13-24)5-10-23(11-6-20)14-18-4-2-3-9-21-18;2*3-2(4,5)1(6)7/h2-4,9,16H,5-8,10-15H2,1H3;2*(H,6,7). The lowest BCUT2D eigenvalue weighted by atomic mass is 9.71. The zero-order chi connectivity index (χ0) is 29.3. The van der Waals surface area contributed by atoms with Gasteiger partial charge >= 0.3 is 24.3 Å². The molecule has 0 unspecified atom stereocenters. The third-order valence-corrected chi connectivity index (χ3v) is 7.30. The van der Waals surface area contributed by atoms with Crippen LogP contribution in [-0.4, -0.2) is 80.5 Å². The molecule has 0 atom stereocenters. The van der Waals surface area contributed by atoms with Crippen LogP contribution in [0.4, 0.5) is 26.3 Å². The molecule has 1 spiro atoms. The number of alkyl halides is 6. The van der Waals surface area contributed by atoms with Crippen LogP contribution in [0.15, 0.2) is 29.8 Å². The molecular formula is C24H30F6N4O4S. The van der Waals surface area contributed by atoms with E-state index in [0.717, 1.165) is 13.1 Å². The molecule has 0 aliphatic carbocycles. The van der Waals surface area contributed by atoms with Gasteiger partial charge in [0.25, 0.3) is 0 Å². The molecule has 0 aromatic carbocycles. The lowest BCUT2D eigenvalue weighted by Gasteiger charge is -2.46. The Morgan fingerprint density at radius 2 is 1.31 bits per heavy atom. The molecule has 2 aliphatic rings. The third-order valence-electron chi connectivity index (χ3n) is 6.48. The number of hydrogen-bond donors (Lipinski definition) is 2. The zero-order valence-corrected chi connectivity index (χ0v) is 22.0. The van der Waals surface area contributed by atoms with Crippen molar-refractivity contribution in [1.82, 2.24) is 19.8 Å². The van der Waals surface area contributed by atoms with Crippen LogP contribution in [0.1, 0.15) is 42.1 Å². The van der Waals surface area contributed by atoms with E-state index in [-0.39, 0.29) is 0 Å². The minimum absolute atomic E-state index is 0.592. The fraction of sp³-hybridized carbons (Fsp3) is 0.583. The first-order valence-corrected chi connectivity index (χ1v) is 12.8. The van der Waals surface area contributed by atoms with E-state index >= 15 is 0 Å². The number of carbonyl (C=O) groups is 2. The third kappa shape index (κ3) is 11.5. The molecule has 2 saturated heterocycles. The Bertz CT molecular complexity index is 1020. The Kier molecular flexibility index (Phi) is 11.7. The molecule has 4 rings (SSSR count). The van der Waals surface area contributed by atoms with Crippen LogP contribution in [0, 0.1) is 12.3 Å². The number of rotatable bonds is 4. The van der Waals surface area contributed by atoms with Gasteiger partial charge in [0, 0.05) is 24.7 Å². The molecule has 0 saturated carbocycles.